The Morgan fingerprint density at radius 2 is 1.59 bits per heavy atom. The first-order valence-electron chi connectivity index (χ1n) is 5.01. The maximum Gasteiger partial charge on any atom is 0.255 e. The molecule has 4 heteroatoms. The van der Waals surface area contributed by atoms with E-state index in [4.69, 9.17) is 11.6 Å². The average Bonchev–Trinajstić information content (AvgIpc) is 2.33. The van der Waals surface area contributed by atoms with Crippen molar-refractivity contribution in [2.75, 3.05) is 5.32 Å². The van der Waals surface area contributed by atoms with Crippen LogP contribution in [0.2, 0.25) is 5.02 Å². The molecule has 0 fully saturated rings. The number of benzene rings is 2. The molecule has 0 unspecified atom stereocenters. The van der Waals surface area contributed by atoms with Gasteiger partial charge in [0.25, 0.3) is 5.91 Å². The number of rotatable bonds is 2. The SMILES string of the molecule is O=C(Nc1ccc(S)cc1)c1ccc(Cl)cc1. The van der Waals surface area contributed by atoms with Gasteiger partial charge >= 0.3 is 0 Å². The van der Waals surface area contributed by atoms with Crippen molar-refractivity contribution in [2.24, 2.45) is 0 Å². The number of anilines is 1. The third kappa shape index (κ3) is 3.25. The van der Waals surface area contributed by atoms with Gasteiger partial charge in [-0.2, -0.15) is 0 Å². The normalized spacial score (nSPS) is 10.0. The summed E-state index contributed by atoms with van der Waals surface area (Å²) in [7, 11) is 0. The molecule has 0 aromatic heterocycles. The van der Waals surface area contributed by atoms with E-state index in [0.717, 1.165) is 10.6 Å². The summed E-state index contributed by atoms with van der Waals surface area (Å²) in [5, 5.41) is 3.40. The van der Waals surface area contributed by atoms with Gasteiger partial charge < -0.3 is 5.32 Å². The molecular weight excluding hydrogens is 254 g/mol. The van der Waals surface area contributed by atoms with Crippen molar-refractivity contribution in [2.45, 2.75) is 4.90 Å². The first kappa shape index (κ1) is 12.0. The lowest BCUT2D eigenvalue weighted by atomic mass is 10.2. The Kier molecular flexibility index (Phi) is 3.71. The molecule has 0 spiro atoms. The van der Waals surface area contributed by atoms with Gasteiger partial charge in [-0.25, -0.2) is 0 Å². The Labute approximate surface area is 110 Å². The lowest BCUT2D eigenvalue weighted by Gasteiger charge is -2.05. The predicted octanol–water partition coefficient (Wildman–Crippen LogP) is 3.88. The molecule has 2 rings (SSSR count). The number of thiol groups is 1. The molecule has 86 valence electrons. The molecule has 17 heavy (non-hydrogen) atoms. The molecule has 0 saturated carbocycles. The summed E-state index contributed by atoms with van der Waals surface area (Å²) >= 11 is 9.93. The fourth-order valence-corrected chi connectivity index (χ4v) is 1.62. The van der Waals surface area contributed by atoms with Gasteiger partial charge in [0.2, 0.25) is 0 Å². The van der Waals surface area contributed by atoms with Crippen LogP contribution in [-0.2, 0) is 0 Å². The molecule has 0 bridgehead atoms. The fourth-order valence-electron chi connectivity index (χ4n) is 1.35. The third-order valence-corrected chi connectivity index (χ3v) is 2.78. The van der Waals surface area contributed by atoms with E-state index >= 15 is 0 Å². The minimum absolute atomic E-state index is 0.159. The summed E-state index contributed by atoms with van der Waals surface area (Å²) < 4.78 is 0. The lowest BCUT2D eigenvalue weighted by molar-refractivity contribution is 0.102. The fraction of sp³-hybridized carbons (Fsp3) is 0. The molecule has 0 heterocycles. The molecule has 0 atom stereocenters. The number of carbonyl (C=O) groups excluding carboxylic acids is 1. The first-order chi connectivity index (χ1) is 8.15. The second-order valence-corrected chi connectivity index (χ2v) is 4.46. The highest BCUT2D eigenvalue weighted by molar-refractivity contribution is 7.80. The van der Waals surface area contributed by atoms with E-state index in [1.54, 1.807) is 36.4 Å². The Bertz CT molecular complexity index is 522. The summed E-state index contributed by atoms with van der Waals surface area (Å²) in [5.74, 6) is -0.159. The van der Waals surface area contributed by atoms with Crippen LogP contribution in [0, 0.1) is 0 Å². The summed E-state index contributed by atoms with van der Waals surface area (Å²) in [6.45, 7) is 0. The van der Waals surface area contributed by atoms with Crippen molar-refractivity contribution in [1.82, 2.24) is 0 Å². The second-order valence-electron chi connectivity index (χ2n) is 3.51. The van der Waals surface area contributed by atoms with Crippen molar-refractivity contribution >= 4 is 35.8 Å². The quantitative estimate of drug-likeness (QED) is 0.791. The van der Waals surface area contributed by atoms with Gasteiger partial charge in [-0.3, -0.25) is 4.79 Å². The molecule has 2 aromatic rings. The van der Waals surface area contributed by atoms with Gasteiger partial charge in [0, 0.05) is 21.2 Å². The number of nitrogens with one attached hydrogen (secondary N) is 1. The van der Waals surface area contributed by atoms with Crippen LogP contribution in [0.5, 0.6) is 0 Å². The number of carbonyl (C=O) groups is 1. The standard InChI is InChI=1S/C13H10ClNOS/c14-10-3-1-9(2-4-10)13(16)15-11-5-7-12(17)8-6-11/h1-8,17H,(H,15,16). The van der Waals surface area contributed by atoms with Crippen LogP contribution in [-0.4, -0.2) is 5.91 Å². The van der Waals surface area contributed by atoms with E-state index in [1.165, 1.54) is 0 Å². The highest BCUT2D eigenvalue weighted by Crippen LogP contribution is 2.14. The van der Waals surface area contributed by atoms with Crippen LogP contribution >= 0.6 is 24.2 Å². The van der Waals surface area contributed by atoms with Crippen molar-refractivity contribution in [3.8, 4) is 0 Å². The minimum atomic E-state index is -0.159. The van der Waals surface area contributed by atoms with Crippen LogP contribution < -0.4 is 5.32 Å². The molecular formula is C13H10ClNOS. The lowest BCUT2D eigenvalue weighted by Crippen LogP contribution is -2.11. The Morgan fingerprint density at radius 3 is 2.18 bits per heavy atom. The van der Waals surface area contributed by atoms with Crippen molar-refractivity contribution in [1.29, 1.82) is 0 Å². The van der Waals surface area contributed by atoms with Crippen LogP contribution in [0.15, 0.2) is 53.4 Å². The predicted molar refractivity (Wildman–Crippen MR) is 73.1 cm³/mol. The van der Waals surface area contributed by atoms with Crippen LogP contribution in [0.25, 0.3) is 0 Å². The third-order valence-electron chi connectivity index (χ3n) is 2.23. The topological polar surface area (TPSA) is 29.1 Å². The zero-order valence-electron chi connectivity index (χ0n) is 8.85. The summed E-state index contributed by atoms with van der Waals surface area (Å²) in [5.41, 5.74) is 1.31. The van der Waals surface area contributed by atoms with E-state index < -0.39 is 0 Å². The minimum Gasteiger partial charge on any atom is -0.322 e. The molecule has 0 aliphatic carbocycles. The van der Waals surface area contributed by atoms with Crippen LogP contribution in [0.1, 0.15) is 10.4 Å². The van der Waals surface area contributed by atoms with Gasteiger partial charge in [-0.1, -0.05) is 11.6 Å². The van der Waals surface area contributed by atoms with Crippen LogP contribution in [0.3, 0.4) is 0 Å². The summed E-state index contributed by atoms with van der Waals surface area (Å²) in [4.78, 5) is 12.7. The first-order valence-corrected chi connectivity index (χ1v) is 5.83. The second kappa shape index (κ2) is 5.25. The number of amides is 1. The Balaban J connectivity index is 2.11. The summed E-state index contributed by atoms with van der Waals surface area (Å²) in [6.07, 6.45) is 0. The van der Waals surface area contributed by atoms with E-state index in [1.807, 2.05) is 12.1 Å². The molecule has 1 N–H and O–H groups in total. The average molecular weight is 264 g/mol. The van der Waals surface area contributed by atoms with Crippen molar-refractivity contribution in [3.63, 3.8) is 0 Å². The van der Waals surface area contributed by atoms with Gasteiger partial charge in [-0.15, -0.1) is 12.6 Å². The molecule has 0 aliphatic rings. The van der Waals surface area contributed by atoms with Crippen LogP contribution in [0.4, 0.5) is 5.69 Å². The van der Waals surface area contributed by atoms with Gasteiger partial charge in [0.05, 0.1) is 0 Å². The van der Waals surface area contributed by atoms with E-state index in [9.17, 15) is 4.79 Å². The van der Waals surface area contributed by atoms with Crippen molar-refractivity contribution < 1.29 is 4.79 Å². The zero-order chi connectivity index (χ0) is 12.3. The highest BCUT2D eigenvalue weighted by Gasteiger charge is 2.05. The maximum atomic E-state index is 11.8. The maximum absolute atomic E-state index is 11.8. The number of hydrogen-bond acceptors (Lipinski definition) is 2. The van der Waals surface area contributed by atoms with E-state index in [0.29, 0.717) is 10.6 Å². The summed E-state index contributed by atoms with van der Waals surface area (Å²) in [6, 6.07) is 14.0. The molecule has 0 radical (unpaired) electrons. The Hall–Kier alpha value is -1.45. The van der Waals surface area contributed by atoms with E-state index in [2.05, 4.69) is 17.9 Å². The smallest absolute Gasteiger partial charge is 0.255 e. The number of hydrogen-bond donors (Lipinski definition) is 2. The monoisotopic (exact) mass is 263 g/mol. The largest absolute Gasteiger partial charge is 0.322 e. The Morgan fingerprint density at radius 1 is 1.00 bits per heavy atom. The van der Waals surface area contributed by atoms with E-state index in [-0.39, 0.29) is 5.91 Å². The molecule has 1 amide bonds. The van der Waals surface area contributed by atoms with Crippen molar-refractivity contribution in [3.05, 3.63) is 59.1 Å². The molecule has 2 aromatic carbocycles. The molecule has 2 nitrogen and oxygen atoms in total. The number of halogens is 1. The molecule has 0 aliphatic heterocycles. The zero-order valence-corrected chi connectivity index (χ0v) is 10.5. The molecule has 0 saturated heterocycles. The van der Waals surface area contributed by atoms with Gasteiger partial charge in [-0.05, 0) is 48.5 Å². The van der Waals surface area contributed by atoms with Gasteiger partial charge in [0.1, 0.15) is 0 Å². The van der Waals surface area contributed by atoms with Gasteiger partial charge in [0.15, 0.2) is 0 Å². The highest BCUT2D eigenvalue weighted by atomic mass is 35.5.